The van der Waals surface area contributed by atoms with E-state index in [1.165, 1.54) is 11.8 Å². The number of hydrogen-bond donors (Lipinski definition) is 1. The Kier molecular flexibility index (Phi) is 5.16. The van der Waals surface area contributed by atoms with Gasteiger partial charge in [0.1, 0.15) is 0 Å². The molecule has 0 aliphatic carbocycles. The summed E-state index contributed by atoms with van der Waals surface area (Å²) in [5.41, 5.74) is 3.20. The van der Waals surface area contributed by atoms with Crippen LogP contribution in [0.4, 0.5) is 5.69 Å². The molecule has 1 amide bonds. The Balaban J connectivity index is 1.57. The zero-order valence-corrected chi connectivity index (χ0v) is 15.5. The molecule has 1 N–H and O–H groups in total. The molecule has 0 saturated carbocycles. The highest BCUT2D eigenvalue weighted by atomic mass is 16.5. The number of ether oxygens (including phenoxy) is 1. The first-order valence-electron chi connectivity index (χ1n) is 8.62. The van der Waals surface area contributed by atoms with Gasteiger partial charge >= 0.3 is 5.97 Å². The number of rotatable bonds is 4. The lowest BCUT2D eigenvalue weighted by molar-refractivity contribution is -0.119. The van der Waals surface area contributed by atoms with Crippen LogP contribution in [-0.2, 0) is 14.9 Å². The topological polar surface area (TPSA) is 81.2 Å². The molecule has 0 fully saturated rings. The molecular weight excluding hydrogens is 342 g/mol. The van der Waals surface area contributed by atoms with Crippen LogP contribution in [0.2, 0.25) is 0 Å². The number of benzene rings is 2. The number of aromatic nitrogens is 2. The number of para-hydroxylation sites is 2. The number of amides is 1. The first kappa shape index (κ1) is 18.5. The lowest BCUT2D eigenvalue weighted by Crippen LogP contribution is -2.21. The molecule has 0 aliphatic heterocycles. The first-order chi connectivity index (χ1) is 12.8. The number of fused-ring (bicyclic) bond motifs is 1. The Labute approximate surface area is 157 Å². The summed E-state index contributed by atoms with van der Waals surface area (Å²) in [5, 5.41) is 2.70. The number of nitrogens with zero attached hydrogens (tertiary/aromatic N) is 2. The van der Waals surface area contributed by atoms with Crippen LogP contribution in [0.15, 0.2) is 54.7 Å². The molecule has 1 aromatic heterocycles. The summed E-state index contributed by atoms with van der Waals surface area (Å²) in [6.45, 7) is 5.97. The molecule has 0 unspecified atom stereocenters. The van der Waals surface area contributed by atoms with Gasteiger partial charge < -0.3 is 10.1 Å². The maximum atomic E-state index is 12.1. The van der Waals surface area contributed by atoms with Crippen LogP contribution >= 0.6 is 0 Å². The molecule has 0 atom stereocenters. The van der Waals surface area contributed by atoms with Crippen molar-refractivity contribution < 1.29 is 14.3 Å². The van der Waals surface area contributed by atoms with Crippen molar-refractivity contribution in [3.63, 3.8) is 0 Å². The quantitative estimate of drug-likeness (QED) is 0.715. The number of esters is 1. The molecule has 0 bridgehead atoms. The summed E-state index contributed by atoms with van der Waals surface area (Å²) in [6.07, 6.45) is 1.34. The molecule has 0 radical (unpaired) electrons. The Morgan fingerprint density at radius 3 is 2.33 bits per heavy atom. The highest BCUT2D eigenvalue weighted by Crippen LogP contribution is 2.23. The molecule has 1 heterocycles. The summed E-state index contributed by atoms with van der Waals surface area (Å²) < 4.78 is 5.04. The van der Waals surface area contributed by atoms with Crippen molar-refractivity contribution in [3.05, 3.63) is 66.0 Å². The monoisotopic (exact) mass is 363 g/mol. The Bertz CT molecular complexity index is 976. The Morgan fingerprint density at radius 1 is 1.00 bits per heavy atom. The third-order valence-corrected chi connectivity index (χ3v) is 4.03. The molecule has 27 heavy (non-hydrogen) atoms. The average Bonchev–Trinajstić information content (AvgIpc) is 2.65. The highest BCUT2D eigenvalue weighted by molar-refractivity contribution is 5.95. The normalized spacial score (nSPS) is 11.2. The fourth-order valence-corrected chi connectivity index (χ4v) is 2.51. The number of carbonyl (C=O) groups excluding carboxylic acids is 2. The van der Waals surface area contributed by atoms with Crippen molar-refractivity contribution in [1.82, 2.24) is 9.97 Å². The van der Waals surface area contributed by atoms with E-state index in [9.17, 15) is 9.59 Å². The average molecular weight is 363 g/mol. The van der Waals surface area contributed by atoms with Crippen molar-refractivity contribution in [2.45, 2.75) is 26.2 Å². The van der Waals surface area contributed by atoms with Crippen LogP contribution in [0.5, 0.6) is 0 Å². The number of hydrogen-bond acceptors (Lipinski definition) is 5. The maximum Gasteiger partial charge on any atom is 0.359 e. The predicted molar refractivity (Wildman–Crippen MR) is 104 cm³/mol. The van der Waals surface area contributed by atoms with E-state index in [2.05, 4.69) is 36.1 Å². The molecule has 0 spiro atoms. The molecular formula is C21H21N3O3. The van der Waals surface area contributed by atoms with E-state index in [1.54, 1.807) is 12.1 Å². The van der Waals surface area contributed by atoms with Gasteiger partial charge in [0, 0.05) is 5.69 Å². The van der Waals surface area contributed by atoms with Crippen LogP contribution in [0.1, 0.15) is 36.8 Å². The first-order valence-corrected chi connectivity index (χ1v) is 8.62. The lowest BCUT2D eigenvalue weighted by atomic mass is 9.87. The van der Waals surface area contributed by atoms with Gasteiger partial charge in [-0.3, -0.25) is 9.78 Å². The molecule has 6 heteroatoms. The second-order valence-electron chi connectivity index (χ2n) is 7.20. The van der Waals surface area contributed by atoms with Crippen molar-refractivity contribution in [1.29, 1.82) is 0 Å². The van der Waals surface area contributed by atoms with Crippen LogP contribution in [-0.4, -0.2) is 28.5 Å². The van der Waals surface area contributed by atoms with E-state index in [0.29, 0.717) is 16.7 Å². The van der Waals surface area contributed by atoms with Crippen molar-refractivity contribution in [2.75, 3.05) is 11.9 Å². The SMILES string of the molecule is CC(C)(C)c1ccc(NC(=O)COC(=O)c2cnc3ccccc3n2)cc1. The molecule has 3 rings (SSSR count). The van der Waals surface area contributed by atoms with E-state index in [4.69, 9.17) is 4.74 Å². The smallest absolute Gasteiger partial charge is 0.359 e. The third-order valence-electron chi connectivity index (χ3n) is 4.03. The third kappa shape index (κ3) is 4.67. The fraction of sp³-hybridized carbons (Fsp3) is 0.238. The molecule has 138 valence electrons. The summed E-state index contributed by atoms with van der Waals surface area (Å²) >= 11 is 0. The van der Waals surface area contributed by atoms with Crippen LogP contribution in [0, 0.1) is 0 Å². The maximum absolute atomic E-state index is 12.1. The predicted octanol–water partition coefficient (Wildman–Crippen LogP) is 3.72. The number of anilines is 1. The largest absolute Gasteiger partial charge is 0.451 e. The molecule has 3 aromatic rings. The van der Waals surface area contributed by atoms with Crippen molar-refractivity contribution >= 4 is 28.6 Å². The van der Waals surface area contributed by atoms with Gasteiger partial charge in [0.2, 0.25) is 0 Å². The van der Waals surface area contributed by atoms with Gasteiger partial charge in [0.05, 0.1) is 17.2 Å². The highest BCUT2D eigenvalue weighted by Gasteiger charge is 2.15. The molecule has 0 aliphatic rings. The number of nitrogens with one attached hydrogen (secondary N) is 1. The standard InChI is InChI=1S/C21H21N3O3/c1-21(2,3)14-8-10-15(11-9-14)23-19(25)13-27-20(26)18-12-22-16-6-4-5-7-17(16)24-18/h4-12H,13H2,1-3H3,(H,23,25). The molecule has 2 aromatic carbocycles. The summed E-state index contributed by atoms with van der Waals surface area (Å²) in [7, 11) is 0. The lowest BCUT2D eigenvalue weighted by Gasteiger charge is -2.19. The van der Waals surface area contributed by atoms with Crippen LogP contribution < -0.4 is 5.32 Å². The fourth-order valence-electron chi connectivity index (χ4n) is 2.51. The van der Waals surface area contributed by atoms with Crippen LogP contribution in [0.3, 0.4) is 0 Å². The van der Waals surface area contributed by atoms with Crippen molar-refractivity contribution in [3.8, 4) is 0 Å². The second kappa shape index (κ2) is 7.53. The van der Waals surface area contributed by atoms with E-state index in [-0.39, 0.29) is 11.1 Å². The van der Waals surface area contributed by atoms with Gasteiger partial charge in [-0.1, -0.05) is 45.0 Å². The van der Waals surface area contributed by atoms with Gasteiger partial charge in [-0.05, 0) is 35.2 Å². The van der Waals surface area contributed by atoms with E-state index < -0.39 is 18.5 Å². The summed E-state index contributed by atoms with van der Waals surface area (Å²) in [4.78, 5) is 32.5. The van der Waals surface area contributed by atoms with Gasteiger partial charge in [-0.15, -0.1) is 0 Å². The summed E-state index contributed by atoms with van der Waals surface area (Å²) in [6, 6.07) is 14.8. The second-order valence-corrected chi connectivity index (χ2v) is 7.20. The van der Waals surface area contributed by atoms with Gasteiger partial charge in [0.25, 0.3) is 5.91 Å². The van der Waals surface area contributed by atoms with Gasteiger partial charge in [0.15, 0.2) is 12.3 Å². The van der Waals surface area contributed by atoms with E-state index in [1.807, 2.05) is 36.4 Å². The van der Waals surface area contributed by atoms with E-state index >= 15 is 0 Å². The molecule has 6 nitrogen and oxygen atoms in total. The minimum atomic E-state index is -0.688. The summed E-state index contributed by atoms with van der Waals surface area (Å²) in [5.74, 6) is -1.10. The minimum Gasteiger partial charge on any atom is -0.451 e. The Hall–Kier alpha value is -3.28. The zero-order chi connectivity index (χ0) is 19.4. The van der Waals surface area contributed by atoms with Gasteiger partial charge in [-0.25, -0.2) is 9.78 Å². The van der Waals surface area contributed by atoms with Crippen LogP contribution in [0.25, 0.3) is 11.0 Å². The van der Waals surface area contributed by atoms with Crippen molar-refractivity contribution in [2.24, 2.45) is 0 Å². The molecule has 0 saturated heterocycles. The van der Waals surface area contributed by atoms with E-state index in [0.717, 1.165) is 0 Å². The Morgan fingerprint density at radius 2 is 1.67 bits per heavy atom. The zero-order valence-electron chi connectivity index (χ0n) is 15.5. The number of carbonyl (C=O) groups is 2. The minimum absolute atomic E-state index is 0.0406. The van der Waals surface area contributed by atoms with Gasteiger partial charge in [-0.2, -0.15) is 0 Å².